The number of aromatic nitrogens is 1. The minimum atomic E-state index is 0.154. The summed E-state index contributed by atoms with van der Waals surface area (Å²) in [7, 11) is 0. The number of nitrogens with one attached hydrogen (secondary N) is 1. The molecule has 0 saturated heterocycles. The second kappa shape index (κ2) is 4.20. The highest BCUT2D eigenvalue weighted by molar-refractivity contribution is 7.09. The molecule has 0 aliphatic heterocycles. The van der Waals surface area contributed by atoms with Gasteiger partial charge in [0, 0.05) is 18.1 Å². The third-order valence-corrected chi connectivity index (χ3v) is 1.91. The van der Waals surface area contributed by atoms with Crippen LogP contribution in [0.25, 0.3) is 0 Å². The van der Waals surface area contributed by atoms with Crippen molar-refractivity contribution in [1.82, 2.24) is 10.3 Å². The molecule has 0 aliphatic carbocycles. The van der Waals surface area contributed by atoms with Gasteiger partial charge in [0.05, 0.1) is 6.54 Å². The molecule has 0 fully saturated rings. The summed E-state index contributed by atoms with van der Waals surface area (Å²) in [5.41, 5.74) is 0. The first-order chi connectivity index (χ1) is 5.29. The molecule has 0 radical (unpaired) electrons. The van der Waals surface area contributed by atoms with E-state index in [-0.39, 0.29) is 5.78 Å². The summed E-state index contributed by atoms with van der Waals surface area (Å²) in [6, 6.07) is 0. The Morgan fingerprint density at radius 1 is 1.82 bits per heavy atom. The zero-order chi connectivity index (χ0) is 8.10. The summed E-state index contributed by atoms with van der Waals surface area (Å²) in [5.74, 6) is 0.154. The molecule has 0 aromatic carbocycles. The minimum Gasteiger partial charge on any atom is -0.304 e. The normalized spacial score (nSPS) is 9.91. The molecule has 4 heteroatoms. The van der Waals surface area contributed by atoms with Gasteiger partial charge < -0.3 is 5.32 Å². The van der Waals surface area contributed by atoms with E-state index in [0.29, 0.717) is 13.1 Å². The molecule has 0 saturated carbocycles. The molecule has 1 heterocycles. The van der Waals surface area contributed by atoms with Crippen molar-refractivity contribution in [3.63, 3.8) is 0 Å². The molecule has 0 bridgehead atoms. The van der Waals surface area contributed by atoms with Crippen LogP contribution in [0.5, 0.6) is 0 Å². The van der Waals surface area contributed by atoms with Crippen molar-refractivity contribution in [3.8, 4) is 0 Å². The number of hydrogen-bond donors (Lipinski definition) is 1. The van der Waals surface area contributed by atoms with Crippen LogP contribution in [0.3, 0.4) is 0 Å². The fourth-order valence-electron chi connectivity index (χ4n) is 0.686. The highest BCUT2D eigenvalue weighted by Crippen LogP contribution is 2.01. The fraction of sp³-hybridized carbons (Fsp3) is 0.429. The lowest BCUT2D eigenvalue weighted by atomic mass is 10.4. The summed E-state index contributed by atoms with van der Waals surface area (Å²) < 4.78 is 0. The van der Waals surface area contributed by atoms with Crippen LogP contribution < -0.4 is 5.32 Å². The lowest BCUT2D eigenvalue weighted by Crippen LogP contribution is -2.20. The second-order valence-corrected chi connectivity index (χ2v) is 3.21. The average Bonchev–Trinajstić information content (AvgIpc) is 2.39. The molecule has 0 amide bonds. The lowest BCUT2D eigenvalue weighted by molar-refractivity contribution is -0.116. The van der Waals surface area contributed by atoms with Gasteiger partial charge in [0.15, 0.2) is 0 Å². The van der Waals surface area contributed by atoms with Crippen molar-refractivity contribution in [2.75, 3.05) is 6.54 Å². The smallest absolute Gasteiger partial charge is 0.143 e. The van der Waals surface area contributed by atoms with E-state index >= 15 is 0 Å². The number of ketones is 1. The van der Waals surface area contributed by atoms with Crippen LogP contribution in [0.15, 0.2) is 11.6 Å². The number of carbonyl (C=O) groups excluding carboxylic acids is 1. The van der Waals surface area contributed by atoms with Gasteiger partial charge in [0.1, 0.15) is 10.8 Å². The highest BCUT2D eigenvalue weighted by atomic mass is 32.1. The Labute approximate surface area is 69.5 Å². The van der Waals surface area contributed by atoms with E-state index in [9.17, 15) is 4.79 Å². The van der Waals surface area contributed by atoms with Gasteiger partial charge in [-0.1, -0.05) is 0 Å². The molecule has 1 aromatic rings. The predicted octanol–water partition coefficient (Wildman–Crippen LogP) is 0.822. The monoisotopic (exact) mass is 170 g/mol. The average molecular weight is 170 g/mol. The van der Waals surface area contributed by atoms with E-state index < -0.39 is 0 Å². The number of rotatable bonds is 4. The number of thiazole rings is 1. The Morgan fingerprint density at radius 2 is 2.64 bits per heavy atom. The first kappa shape index (κ1) is 8.36. The van der Waals surface area contributed by atoms with Crippen LogP contribution in [0.1, 0.15) is 11.9 Å². The van der Waals surface area contributed by atoms with Gasteiger partial charge in [-0.3, -0.25) is 4.79 Å². The van der Waals surface area contributed by atoms with Crippen molar-refractivity contribution in [2.24, 2.45) is 0 Å². The summed E-state index contributed by atoms with van der Waals surface area (Å²) in [6.45, 7) is 2.69. The van der Waals surface area contributed by atoms with Crippen molar-refractivity contribution in [2.45, 2.75) is 13.5 Å². The quantitative estimate of drug-likeness (QED) is 0.727. The summed E-state index contributed by atoms with van der Waals surface area (Å²) in [4.78, 5) is 14.6. The van der Waals surface area contributed by atoms with Gasteiger partial charge in [0.25, 0.3) is 0 Å². The molecule has 0 spiro atoms. The molecule has 3 nitrogen and oxygen atoms in total. The molecule has 60 valence electrons. The van der Waals surface area contributed by atoms with Gasteiger partial charge in [-0.25, -0.2) is 4.98 Å². The molecule has 1 N–H and O–H groups in total. The van der Waals surface area contributed by atoms with Gasteiger partial charge in [0.2, 0.25) is 0 Å². The zero-order valence-corrected chi connectivity index (χ0v) is 7.15. The van der Waals surface area contributed by atoms with Crippen LogP contribution in [-0.4, -0.2) is 17.3 Å². The number of nitrogens with zero attached hydrogens (tertiary/aromatic N) is 1. The maximum atomic E-state index is 10.5. The van der Waals surface area contributed by atoms with Crippen molar-refractivity contribution in [3.05, 3.63) is 16.6 Å². The number of carbonyl (C=O) groups is 1. The third-order valence-electron chi connectivity index (χ3n) is 1.13. The van der Waals surface area contributed by atoms with Crippen molar-refractivity contribution < 1.29 is 4.79 Å². The van der Waals surface area contributed by atoms with E-state index in [1.165, 1.54) is 0 Å². The topological polar surface area (TPSA) is 42.0 Å². The summed E-state index contributed by atoms with van der Waals surface area (Å²) >= 11 is 1.59. The van der Waals surface area contributed by atoms with E-state index in [1.807, 2.05) is 5.38 Å². The maximum absolute atomic E-state index is 10.5. The number of Topliss-reactive ketones (excluding diaryl/α,β-unsaturated/α-hetero) is 1. The molecule has 1 aromatic heterocycles. The lowest BCUT2D eigenvalue weighted by Gasteiger charge is -1.96. The first-order valence-corrected chi connectivity index (χ1v) is 4.25. The SMILES string of the molecule is CC(=O)CNCc1nccs1. The van der Waals surface area contributed by atoms with Gasteiger partial charge in [-0.05, 0) is 6.92 Å². The van der Waals surface area contributed by atoms with E-state index in [0.717, 1.165) is 5.01 Å². The van der Waals surface area contributed by atoms with Gasteiger partial charge >= 0.3 is 0 Å². The molecule has 11 heavy (non-hydrogen) atoms. The molecule has 0 unspecified atom stereocenters. The van der Waals surface area contributed by atoms with E-state index in [1.54, 1.807) is 24.5 Å². The number of hydrogen-bond acceptors (Lipinski definition) is 4. The Kier molecular flexibility index (Phi) is 3.19. The Balaban J connectivity index is 2.19. The van der Waals surface area contributed by atoms with Crippen molar-refractivity contribution >= 4 is 17.1 Å². The molecule has 0 atom stereocenters. The summed E-state index contributed by atoms with van der Waals surface area (Å²) in [6.07, 6.45) is 1.76. The standard InChI is InChI=1S/C7H10N2OS/c1-6(10)4-8-5-7-9-2-3-11-7/h2-3,8H,4-5H2,1H3. The molecular formula is C7H10N2OS. The maximum Gasteiger partial charge on any atom is 0.143 e. The second-order valence-electron chi connectivity index (χ2n) is 2.23. The summed E-state index contributed by atoms with van der Waals surface area (Å²) in [5, 5.41) is 5.93. The predicted molar refractivity (Wildman–Crippen MR) is 44.5 cm³/mol. The van der Waals surface area contributed by atoms with Gasteiger partial charge in [-0.2, -0.15) is 0 Å². The van der Waals surface area contributed by atoms with Crippen molar-refractivity contribution in [1.29, 1.82) is 0 Å². The largest absolute Gasteiger partial charge is 0.304 e. The first-order valence-electron chi connectivity index (χ1n) is 3.37. The zero-order valence-electron chi connectivity index (χ0n) is 6.33. The van der Waals surface area contributed by atoms with Crippen LogP contribution in [-0.2, 0) is 11.3 Å². The fourth-order valence-corrected chi connectivity index (χ4v) is 1.27. The van der Waals surface area contributed by atoms with Crippen LogP contribution in [0.4, 0.5) is 0 Å². The van der Waals surface area contributed by atoms with Crippen LogP contribution in [0.2, 0.25) is 0 Å². The Hall–Kier alpha value is -0.740. The third kappa shape index (κ3) is 3.25. The van der Waals surface area contributed by atoms with Crippen LogP contribution in [0, 0.1) is 0 Å². The van der Waals surface area contributed by atoms with Crippen LogP contribution >= 0.6 is 11.3 Å². The molecule has 1 rings (SSSR count). The highest BCUT2D eigenvalue weighted by Gasteiger charge is 1.95. The Bertz CT molecular complexity index is 220. The van der Waals surface area contributed by atoms with E-state index in [4.69, 9.17) is 0 Å². The molecule has 0 aliphatic rings. The van der Waals surface area contributed by atoms with Gasteiger partial charge in [-0.15, -0.1) is 11.3 Å². The molecular weight excluding hydrogens is 160 g/mol. The Morgan fingerprint density at radius 3 is 3.18 bits per heavy atom. The minimum absolute atomic E-state index is 0.154. The van der Waals surface area contributed by atoms with E-state index in [2.05, 4.69) is 10.3 Å².